The lowest BCUT2D eigenvalue weighted by molar-refractivity contribution is -0.126. The Labute approximate surface area is 478 Å². The van der Waals surface area contributed by atoms with Crippen molar-refractivity contribution in [1.29, 1.82) is 0 Å². The summed E-state index contributed by atoms with van der Waals surface area (Å²) in [7, 11) is 0. The highest BCUT2D eigenvalue weighted by molar-refractivity contribution is 5.83. The van der Waals surface area contributed by atoms with E-state index in [0.717, 1.165) is 54.8 Å². The Kier molecular flexibility index (Phi) is 38.7. The van der Waals surface area contributed by atoms with Crippen LogP contribution in [0.2, 0.25) is 0 Å². The highest BCUT2D eigenvalue weighted by atomic mass is 16.6. The van der Waals surface area contributed by atoms with Gasteiger partial charge < -0.3 is 78.3 Å². The average molecular weight is 1150 g/mol. The first kappa shape index (κ1) is 71.2. The van der Waals surface area contributed by atoms with Gasteiger partial charge in [-0.1, -0.05) is 65.5 Å². The fourth-order valence-electron chi connectivity index (χ4n) is 12.2. The summed E-state index contributed by atoms with van der Waals surface area (Å²) in [5.74, 6) is 8.93. The number of carbonyl (C=O) groups is 4. The number of fused-ring (bicyclic) bond motifs is 5. The van der Waals surface area contributed by atoms with Crippen LogP contribution in [0.3, 0.4) is 0 Å². The van der Waals surface area contributed by atoms with Crippen molar-refractivity contribution in [3.05, 3.63) is 11.6 Å². The van der Waals surface area contributed by atoms with Gasteiger partial charge in [0.2, 0.25) is 17.7 Å². The van der Waals surface area contributed by atoms with Gasteiger partial charge in [-0.25, -0.2) is 10.6 Å². The van der Waals surface area contributed by atoms with Crippen molar-refractivity contribution >= 4 is 23.8 Å². The molecule has 0 saturated heterocycles. The van der Waals surface area contributed by atoms with Gasteiger partial charge in [-0.15, -0.1) is 0 Å². The Hall–Kier alpha value is -3.10. The Morgan fingerprint density at radius 3 is 1.54 bits per heavy atom. The van der Waals surface area contributed by atoms with Crippen LogP contribution in [-0.2, 0) is 66.5 Å². The number of nitrogens with two attached hydrogens (primary N) is 1. The van der Waals surface area contributed by atoms with Crippen molar-refractivity contribution in [3.63, 3.8) is 0 Å². The number of amides is 4. The van der Waals surface area contributed by atoms with E-state index in [9.17, 15) is 19.2 Å². The van der Waals surface area contributed by atoms with E-state index in [1.165, 1.54) is 56.9 Å². The summed E-state index contributed by atoms with van der Waals surface area (Å²) in [6, 6.07) is 0. The van der Waals surface area contributed by atoms with E-state index in [4.69, 9.17) is 68.2 Å². The van der Waals surface area contributed by atoms with Gasteiger partial charge in [0, 0.05) is 32.4 Å². The van der Waals surface area contributed by atoms with Crippen LogP contribution in [0.4, 0.5) is 4.79 Å². The summed E-state index contributed by atoms with van der Waals surface area (Å²) in [6.45, 7) is 21.7. The number of rotatable bonds is 45. The molecule has 3 saturated carbocycles. The Morgan fingerprint density at radius 2 is 1.05 bits per heavy atom. The predicted octanol–water partition coefficient (Wildman–Crippen LogP) is 4.26. The number of aliphatic hydroxyl groups is 2. The molecule has 466 valence electrons. The second-order valence-corrected chi connectivity index (χ2v) is 22.3. The van der Waals surface area contributed by atoms with Gasteiger partial charge in [0.25, 0.3) is 0 Å². The average Bonchev–Trinajstić information content (AvgIpc) is 3.93. The zero-order valence-electron chi connectivity index (χ0n) is 49.6. The second kappa shape index (κ2) is 43.5. The van der Waals surface area contributed by atoms with Crippen molar-refractivity contribution in [3.8, 4) is 0 Å². The smallest absolute Gasteiger partial charge is 0.407 e. The summed E-state index contributed by atoms with van der Waals surface area (Å²) in [5.41, 5.74) is 4.17. The Morgan fingerprint density at radius 1 is 0.575 bits per heavy atom. The maximum Gasteiger partial charge on any atom is 0.407 e. The number of hydrogen-bond acceptors (Lipinski definition) is 18. The van der Waals surface area contributed by atoms with Crippen LogP contribution < -0.4 is 27.2 Å². The van der Waals surface area contributed by atoms with Gasteiger partial charge in [-0.2, -0.15) is 0 Å². The highest BCUT2D eigenvalue weighted by Crippen LogP contribution is 2.67. The molecule has 0 aromatic heterocycles. The van der Waals surface area contributed by atoms with Crippen molar-refractivity contribution in [2.24, 2.45) is 52.2 Å². The normalized spacial score (nSPS) is 23.4. The maximum atomic E-state index is 12.6. The summed E-state index contributed by atoms with van der Waals surface area (Å²) in [5, 5.41) is 25.2. The molecule has 0 radical (unpaired) electrons. The molecule has 0 aromatic rings. The van der Waals surface area contributed by atoms with Crippen LogP contribution >= 0.6 is 0 Å². The lowest BCUT2D eigenvalue weighted by Gasteiger charge is -2.58. The van der Waals surface area contributed by atoms with Crippen LogP contribution in [-0.4, -0.2) is 205 Å². The van der Waals surface area contributed by atoms with Crippen molar-refractivity contribution in [1.82, 2.24) is 21.4 Å². The summed E-state index contributed by atoms with van der Waals surface area (Å²) < 4.78 is 58.9. The van der Waals surface area contributed by atoms with E-state index in [1.807, 2.05) is 5.43 Å². The van der Waals surface area contributed by atoms with Gasteiger partial charge >= 0.3 is 6.09 Å². The molecule has 80 heavy (non-hydrogen) atoms. The van der Waals surface area contributed by atoms with Crippen LogP contribution in [0, 0.1) is 46.3 Å². The van der Waals surface area contributed by atoms with Crippen LogP contribution in [0.1, 0.15) is 118 Å². The first-order chi connectivity index (χ1) is 38.8. The van der Waals surface area contributed by atoms with Gasteiger partial charge in [0.1, 0.15) is 6.10 Å². The largest absolute Gasteiger partial charge is 0.446 e. The van der Waals surface area contributed by atoms with E-state index < -0.39 is 6.09 Å². The lowest BCUT2D eigenvalue weighted by Crippen LogP contribution is -2.51. The van der Waals surface area contributed by atoms with Crippen molar-refractivity contribution in [2.75, 3.05) is 165 Å². The molecule has 4 rings (SSSR count). The van der Waals surface area contributed by atoms with Gasteiger partial charge in [-0.3, -0.25) is 19.8 Å². The molecule has 1 unspecified atom stereocenters. The zero-order chi connectivity index (χ0) is 58.1. The van der Waals surface area contributed by atoms with Crippen LogP contribution in [0.5, 0.6) is 0 Å². The molecule has 0 aliphatic heterocycles. The number of ether oxygens (including phenoxy) is 11. The van der Waals surface area contributed by atoms with Crippen LogP contribution in [0.25, 0.3) is 0 Å². The van der Waals surface area contributed by atoms with E-state index in [-0.39, 0.29) is 61.8 Å². The minimum absolute atomic E-state index is 0.00363. The first-order valence-electron chi connectivity index (χ1n) is 29.9. The van der Waals surface area contributed by atoms with Gasteiger partial charge in [0.05, 0.1) is 152 Å². The molecule has 0 aromatic carbocycles. The van der Waals surface area contributed by atoms with Crippen molar-refractivity contribution in [2.45, 2.75) is 124 Å². The molecule has 0 heterocycles. The molecule has 8 atom stereocenters. The zero-order valence-corrected chi connectivity index (χ0v) is 49.6. The number of hydrazine groups is 1. The first-order valence-corrected chi connectivity index (χ1v) is 29.9. The molecule has 22 nitrogen and oxygen atoms in total. The second-order valence-electron chi connectivity index (χ2n) is 22.3. The molecule has 4 amide bonds. The van der Waals surface area contributed by atoms with E-state index in [2.05, 4.69) is 56.6 Å². The fourth-order valence-corrected chi connectivity index (χ4v) is 12.2. The Bertz CT molecular complexity index is 1690. The maximum absolute atomic E-state index is 12.6. The third-order valence-corrected chi connectivity index (χ3v) is 16.3. The van der Waals surface area contributed by atoms with Crippen molar-refractivity contribution < 1.29 is 81.5 Å². The summed E-state index contributed by atoms with van der Waals surface area (Å²) in [6.07, 6.45) is 15.6. The molecule has 8 N–H and O–H groups in total. The van der Waals surface area contributed by atoms with E-state index in [1.54, 1.807) is 0 Å². The number of alkyl carbamates (subject to hydrolysis) is 1. The number of aliphatic hydroxyl groups excluding tert-OH is 2. The molecule has 3 fully saturated rings. The molecule has 0 spiro atoms. The highest BCUT2D eigenvalue weighted by Gasteiger charge is 2.59. The molecular weight excluding hydrogens is 1040 g/mol. The fraction of sp³-hybridized carbons (Fsp3) is 0.897. The third kappa shape index (κ3) is 28.9. The number of hydrogen-bond donors (Lipinski definition) is 7. The monoisotopic (exact) mass is 1150 g/mol. The molecule has 22 heteroatoms. The number of carbonyl (C=O) groups excluding carboxylic acids is 4. The molecule has 0 bridgehead atoms. The Balaban J connectivity index is 0.000000450. The molecule has 4 aliphatic rings. The quantitative estimate of drug-likeness (QED) is 0.0147. The van der Waals surface area contributed by atoms with Gasteiger partial charge in [-0.05, 0) is 91.3 Å². The minimum Gasteiger partial charge on any atom is -0.446 e. The summed E-state index contributed by atoms with van der Waals surface area (Å²) >= 11 is 0. The number of allylic oxidation sites excluding steroid dienone is 1. The summed E-state index contributed by atoms with van der Waals surface area (Å²) in [4.78, 5) is 47.1. The van der Waals surface area contributed by atoms with Gasteiger partial charge in [0.15, 0.2) is 0 Å². The minimum atomic E-state index is -0.521. The van der Waals surface area contributed by atoms with E-state index in [0.29, 0.717) is 151 Å². The molecular formula is C58H107N5O17. The van der Waals surface area contributed by atoms with Crippen LogP contribution in [0.15, 0.2) is 11.6 Å². The number of nitrogens with one attached hydrogen (secondary N) is 4. The topological polar surface area (TPSA) is 284 Å². The standard InChI is InChI=1S/C38H66N2O7.C20H41N3O10/c1-27(2)7-6-8-28(3)32-11-12-33-31-10-9-29-25-30(13-15-37(29,4)34(31)14-16-38(32,33)5)47-36(43)40-26-35(42)39-17-19-44-21-23-46-24-22-45-20-18-41;21-23-20(26)2-1-19(25)22-3-5-27-7-9-29-11-13-31-15-17-33-18-16-32-14-12-30-10-8-28-6-4-24/h9,27-28,30-34,41H,6-8,10-26H2,1-5H3,(H,39,42)(H,40,43);24H,1-18,21H2,(H,22,25)(H,23,26)/t28-,30?,31+,32-,33+,34+,37+,38-;/m1./s1. The SMILES string of the molecule is CC(C)CCC[C@@H](C)[C@H]1CC[C@H]2[C@@H]3CC=C4CC(OC(=O)NCC(=O)NCCOCCOCCOCCO)CC[C@]4(C)[C@H]3CC[C@]12C.NNC(=O)CCC(=O)NCCOCCOCCOCCOCCOCCOCCOCCO. The lowest BCUT2D eigenvalue weighted by atomic mass is 9.47. The van der Waals surface area contributed by atoms with E-state index >= 15 is 0 Å². The molecule has 4 aliphatic carbocycles. The third-order valence-electron chi connectivity index (χ3n) is 16.3. The predicted molar refractivity (Wildman–Crippen MR) is 301 cm³/mol.